The van der Waals surface area contributed by atoms with Gasteiger partial charge in [-0.25, -0.2) is 4.98 Å². The second-order valence-corrected chi connectivity index (χ2v) is 8.62. The zero-order chi connectivity index (χ0) is 18.8. The summed E-state index contributed by atoms with van der Waals surface area (Å²) in [6.45, 7) is 10.0. The Kier molecular flexibility index (Phi) is 6.16. The molecule has 0 aliphatic heterocycles. The smallest absolute Gasteiger partial charge is 0.316 e. The highest BCUT2D eigenvalue weighted by Gasteiger charge is 2.19. The van der Waals surface area contributed by atoms with Crippen molar-refractivity contribution in [2.45, 2.75) is 51.9 Å². The fraction of sp³-hybridized carbons (Fsp3) is 0.500. The summed E-state index contributed by atoms with van der Waals surface area (Å²) in [4.78, 5) is 29.4. The molecule has 0 unspecified atom stereocenters. The maximum Gasteiger partial charge on any atom is 0.316 e. The van der Waals surface area contributed by atoms with Crippen molar-refractivity contribution in [3.63, 3.8) is 0 Å². The van der Waals surface area contributed by atoms with Gasteiger partial charge in [0.2, 0.25) is 0 Å². The maximum atomic E-state index is 12.8. The van der Waals surface area contributed by atoms with Gasteiger partial charge < -0.3 is 4.74 Å². The van der Waals surface area contributed by atoms with E-state index < -0.39 is 5.60 Å². The number of fused-ring (bicyclic) bond motifs is 1. The molecule has 0 amide bonds. The molecule has 7 heteroatoms. The molecule has 1 aromatic carbocycles. The highest BCUT2D eigenvalue weighted by molar-refractivity contribution is 7.99. The highest BCUT2D eigenvalue weighted by Crippen LogP contribution is 2.22. The van der Waals surface area contributed by atoms with Crippen molar-refractivity contribution in [2.24, 2.45) is 5.92 Å². The lowest BCUT2D eigenvalue weighted by molar-refractivity contribution is -0.151. The minimum atomic E-state index is -0.542. The van der Waals surface area contributed by atoms with Crippen molar-refractivity contribution in [1.82, 2.24) is 9.55 Å². The van der Waals surface area contributed by atoms with Crippen molar-refractivity contribution in [2.75, 3.05) is 5.75 Å². The number of carbonyl (C=O) groups is 1. The van der Waals surface area contributed by atoms with Crippen LogP contribution in [0.4, 0.5) is 0 Å². The highest BCUT2D eigenvalue weighted by atomic mass is 35.5. The zero-order valence-corrected chi connectivity index (χ0v) is 16.7. The van der Waals surface area contributed by atoms with Gasteiger partial charge in [0.05, 0.1) is 16.7 Å². The van der Waals surface area contributed by atoms with Crippen LogP contribution in [-0.2, 0) is 16.1 Å². The molecule has 0 aliphatic rings. The first-order valence-corrected chi connectivity index (χ1v) is 9.48. The summed E-state index contributed by atoms with van der Waals surface area (Å²) in [6.07, 6.45) is 0. The van der Waals surface area contributed by atoms with E-state index in [-0.39, 0.29) is 23.2 Å². The standard InChI is InChI=1S/C18H23ClN2O3S/c1-11(2)9-21-16(23)13-7-6-12(19)8-14(13)20-17(21)25-10-15(22)24-18(3,4)5/h6-8,11H,9-10H2,1-5H3. The molecule has 0 fully saturated rings. The van der Waals surface area contributed by atoms with Gasteiger partial charge >= 0.3 is 5.97 Å². The summed E-state index contributed by atoms with van der Waals surface area (Å²) in [7, 11) is 0. The molecule has 5 nitrogen and oxygen atoms in total. The molecule has 1 aromatic heterocycles. The SMILES string of the molecule is CC(C)Cn1c(SCC(=O)OC(C)(C)C)nc2cc(Cl)ccc2c1=O. The number of ether oxygens (including phenoxy) is 1. The van der Waals surface area contributed by atoms with Crippen molar-refractivity contribution in [3.05, 3.63) is 33.6 Å². The van der Waals surface area contributed by atoms with Gasteiger partial charge in [-0.1, -0.05) is 37.2 Å². The fourth-order valence-corrected chi connectivity index (χ4v) is 3.25. The maximum absolute atomic E-state index is 12.8. The van der Waals surface area contributed by atoms with Crippen molar-refractivity contribution < 1.29 is 9.53 Å². The molecular formula is C18H23ClN2O3S. The third-order valence-electron chi connectivity index (χ3n) is 3.17. The van der Waals surface area contributed by atoms with Gasteiger partial charge in [-0.3, -0.25) is 14.2 Å². The van der Waals surface area contributed by atoms with Crippen molar-refractivity contribution in [1.29, 1.82) is 0 Å². The van der Waals surface area contributed by atoms with Crippen LogP contribution in [0.3, 0.4) is 0 Å². The molecule has 0 bridgehead atoms. The van der Waals surface area contributed by atoms with Crippen LogP contribution in [0, 0.1) is 5.92 Å². The Balaban J connectivity index is 2.39. The van der Waals surface area contributed by atoms with E-state index in [0.29, 0.717) is 27.6 Å². The molecule has 0 spiro atoms. The summed E-state index contributed by atoms with van der Waals surface area (Å²) in [6, 6.07) is 5.03. The molecule has 136 valence electrons. The first kappa shape index (κ1) is 19.8. The predicted octanol–water partition coefficient (Wildman–Crippen LogP) is 4.14. The number of rotatable bonds is 5. The van der Waals surface area contributed by atoms with Gasteiger partial charge in [-0.2, -0.15) is 0 Å². The quantitative estimate of drug-likeness (QED) is 0.442. The number of thioether (sulfide) groups is 1. The van der Waals surface area contributed by atoms with Gasteiger partial charge in [-0.15, -0.1) is 0 Å². The second-order valence-electron chi connectivity index (χ2n) is 7.24. The van der Waals surface area contributed by atoms with Crippen LogP contribution in [-0.4, -0.2) is 26.9 Å². The van der Waals surface area contributed by atoms with E-state index in [1.807, 2.05) is 34.6 Å². The van der Waals surface area contributed by atoms with Crippen LogP contribution in [0.25, 0.3) is 10.9 Å². The van der Waals surface area contributed by atoms with Crippen LogP contribution in [0.1, 0.15) is 34.6 Å². The summed E-state index contributed by atoms with van der Waals surface area (Å²) < 4.78 is 6.94. The number of halogens is 1. The minimum Gasteiger partial charge on any atom is -0.459 e. The number of benzene rings is 1. The van der Waals surface area contributed by atoms with E-state index in [1.54, 1.807) is 22.8 Å². The van der Waals surface area contributed by atoms with E-state index in [1.165, 1.54) is 11.8 Å². The van der Waals surface area contributed by atoms with Crippen LogP contribution < -0.4 is 5.56 Å². The summed E-state index contributed by atoms with van der Waals surface area (Å²) in [5.41, 5.74) is -0.134. The largest absolute Gasteiger partial charge is 0.459 e. The third-order valence-corrected chi connectivity index (χ3v) is 4.35. The average Bonchev–Trinajstić information content (AvgIpc) is 2.46. The van der Waals surface area contributed by atoms with Crippen molar-refractivity contribution >= 4 is 40.2 Å². The summed E-state index contributed by atoms with van der Waals surface area (Å²) in [5, 5.41) is 1.54. The number of nitrogens with zero attached hydrogens (tertiary/aromatic N) is 2. The van der Waals surface area contributed by atoms with Crippen LogP contribution >= 0.6 is 23.4 Å². The first-order chi connectivity index (χ1) is 11.6. The van der Waals surface area contributed by atoms with E-state index in [0.717, 1.165) is 0 Å². The Morgan fingerprint density at radius 1 is 1.36 bits per heavy atom. The normalized spacial score (nSPS) is 12.0. The number of hydrogen-bond acceptors (Lipinski definition) is 5. The number of esters is 1. The lowest BCUT2D eigenvalue weighted by Gasteiger charge is -2.19. The Morgan fingerprint density at radius 3 is 2.64 bits per heavy atom. The van der Waals surface area contributed by atoms with E-state index in [9.17, 15) is 9.59 Å². The Labute approximate surface area is 156 Å². The topological polar surface area (TPSA) is 61.2 Å². The summed E-state index contributed by atoms with van der Waals surface area (Å²) in [5.74, 6) is 0.0209. The molecule has 0 saturated heterocycles. The number of aromatic nitrogens is 2. The third kappa shape index (κ3) is 5.47. The molecule has 0 atom stereocenters. The Bertz CT molecular complexity index is 841. The molecule has 0 aliphatic carbocycles. The minimum absolute atomic E-state index is 0.0911. The monoisotopic (exact) mass is 382 g/mol. The molecule has 2 rings (SSSR count). The average molecular weight is 383 g/mol. The van der Waals surface area contributed by atoms with E-state index in [2.05, 4.69) is 4.98 Å². The van der Waals surface area contributed by atoms with E-state index in [4.69, 9.17) is 16.3 Å². The van der Waals surface area contributed by atoms with Gasteiger partial charge in [0, 0.05) is 11.6 Å². The Hall–Kier alpha value is -1.53. The van der Waals surface area contributed by atoms with Crippen LogP contribution in [0.2, 0.25) is 5.02 Å². The molecular weight excluding hydrogens is 360 g/mol. The number of hydrogen-bond donors (Lipinski definition) is 0. The molecule has 0 saturated carbocycles. The van der Waals surface area contributed by atoms with Gasteiger partial charge in [-0.05, 0) is 44.9 Å². The molecule has 2 aromatic rings. The van der Waals surface area contributed by atoms with Gasteiger partial charge in [0.1, 0.15) is 5.60 Å². The van der Waals surface area contributed by atoms with Crippen LogP contribution in [0.15, 0.2) is 28.2 Å². The predicted molar refractivity (Wildman–Crippen MR) is 102 cm³/mol. The first-order valence-electron chi connectivity index (χ1n) is 8.11. The van der Waals surface area contributed by atoms with Gasteiger partial charge in [0.25, 0.3) is 5.56 Å². The lowest BCUT2D eigenvalue weighted by Crippen LogP contribution is -2.27. The molecule has 1 heterocycles. The summed E-state index contributed by atoms with van der Waals surface area (Å²) >= 11 is 7.22. The molecule has 0 N–H and O–H groups in total. The fourth-order valence-electron chi connectivity index (χ4n) is 2.30. The van der Waals surface area contributed by atoms with Crippen LogP contribution in [0.5, 0.6) is 0 Å². The second kappa shape index (κ2) is 7.79. The zero-order valence-electron chi connectivity index (χ0n) is 15.1. The molecule has 25 heavy (non-hydrogen) atoms. The van der Waals surface area contributed by atoms with E-state index >= 15 is 0 Å². The number of carbonyl (C=O) groups excluding carboxylic acids is 1. The lowest BCUT2D eigenvalue weighted by atomic mass is 10.2. The van der Waals surface area contributed by atoms with Crippen molar-refractivity contribution in [3.8, 4) is 0 Å². The molecule has 0 radical (unpaired) electrons. The Morgan fingerprint density at radius 2 is 2.04 bits per heavy atom. The van der Waals surface area contributed by atoms with Gasteiger partial charge in [0.15, 0.2) is 5.16 Å².